The summed E-state index contributed by atoms with van der Waals surface area (Å²) in [6, 6.07) is 0. The molecule has 4 aliphatic carbocycles. The first kappa shape index (κ1) is 19.4. The van der Waals surface area contributed by atoms with Crippen LogP contribution in [0.2, 0.25) is 0 Å². The van der Waals surface area contributed by atoms with E-state index in [9.17, 15) is 5.11 Å². The van der Waals surface area contributed by atoms with E-state index in [-0.39, 0.29) is 15.4 Å². The molecule has 3 saturated carbocycles. The number of aliphatic hydroxyl groups is 1. The van der Waals surface area contributed by atoms with Crippen LogP contribution in [0.3, 0.4) is 0 Å². The van der Waals surface area contributed by atoms with Crippen LogP contribution in [0.1, 0.15) is 59.3 Å². The largest absolute Gasteiger partial charge is 0.390 e. The van der Waals surface area contributed by atoms with Gasteiger partial charge in [-0.2, -0.15) is 0 Å². The maximum absolute atomic E-state index is 16.9. The van der Waals surface area contributed by atoms with Crippen molar-refractivity contribution >= 4 is 23.5 Å². The monoisotopic (exact) mass is 396 g/mol. The summed E-state index contributed by atoms with van der Waals surface area (Å²) in [6.07, 6.45) is 13.4. The van der Waals surface area contributed by atoms with Gasteiger partial charge in [-0.15, -0.1) is 23.5 Å². The standard InChI is InChI=1S/C22H33FOS2/c1-5-26-21(25-4)13-11-16-17-10-9-15-8-6-7-12-19(15,2)22(17,23)18(24)14-20(16,21)3/h7-8,12,16-18,24H,5-6,9-11,13-14H2,1-4H3/t16-,17-,18-,19-,20-,21?,22-/m0/s1. The molecule has 4 rings (SSSR count). The van der Waals surface area contributed by atoms with Crippen LogP contribution in [-0.2, 0) is 0 Å². The number of allylic oxidation sites excluding steroid dienone is 4. The number of thioether (sulfide) groups is 2. The van der Waals surface area contributed by atoms with Gasteiger partial charge in [0.2, 0.25) is 0 Å². The van der Waals surface area contributed by atoms with Crippen LogP contribution in [0.5, 0.6) is 0 Å². The molecule has 0 amide bonds. The summed E-state index contributed by atoms with van der Waals surface area (Å²) in [6.45, 7) is 6.63. The summed E-state index contributed by atoms with van der Waals surface area (Å²) in [5.41, 5.74) is -0.928. The molecule has 4 aliphatic rings. The fourth-order valence-corrected chi connectivity index (χ4v) is 10.3. The van der Waals surface area contributed by atoms with Crippen molar-refractivity contribution in [1.29, 1.82) is 0 Å². The van der Waals surface area contributed by atoms with Crippen LogP contribution in [0.15, 0.2) is 23.8 Å². The zero-order chi connectivity index (χ0) is 18.8. The molecule has 146 valence electrons. The van der Waals surface area contributed by atoms with Crippen LogP contribution in [0.4, 0.5) is 4.39 Å². The Hall–Kier alpha value is 0.0700. The van der Waals surface area contributed by atoms with Gasteiger partial charge in [0.1, 0.15) is 0 Å². The van der Waals surface area contributed by atoms with E-state index in [4.69, 9.17) is 0 Å². The lowest BCUT2D eigenvalue weighted by Crippen LogP contribution is -2.67. The molecule has 1 N–H and O–H groups in total. The van der Waals surface area contributed by atoms with Crippen LogP contribution >= 0.6 is 23.5 Å². The van der Waals surface area contributed by atoms with Crippen LogP contribution in [0.25, 0.3) is 0 Å². The van der Waals surface area contributed by atoms with Gasteiger partial charge >= 0.3 is 0 Å². The van der Waals surface area contributed by atoms with Crippen molar-refractivity contribution in [2.24, 2.45) is 22.7 Å². The lowest BCUT2D eigenvalue weighted by atomic mass is 9.46. The van der Waals surface area contributed by atoms with Gasteiger partial charge in [0, 0.05) is 11.3 Å². The lowest BCUT2D eigenvalue weighted by molar-refractivity contribution is -0.189. The summed E-state index contributed by atoms with van der Waals surface area (Å²) in [5, 5.41) is 11.3. The van der Waals surface area contributed by atoms with Crippen molar-refractivity contribution in [2.75, 3.05) is 12.0 Å². The first-order valence-electron chi connectivity index (χ1n) is 10.2. The highest BCUT2D eigenvalue weighted by Crippen LogP contribution is 2.73. The first-order valence-corrected chi connectivity index (χ1v) is 12.4. The number of alkyl halides is 1. The fraction of sp³-hybridized carbons (Fsp3) is 0.818. The van der Waals surface area contributed by atoms with E-state index in [0.29, 0.717) is 12.3 Å². The molecule has 4 heteroatoms. The second-order valence-electron chi connectivity index (χ2n) is 9.16. The van der Waals surface area contributed by atoms with Crippen molar-refractivity contribution in [3.8, 4) is 0 Å². The molecular weight excluding hydrogens is 363 g/mol. The normalized spacial score (nSPS) is 52.8. The average molecular weight is 397 g/mol. The number of hydrogen-bond donors (Lipinski definition) is 1. The third kappa shape index (κ3) is 2.16. The Kier molecular flexibility index (Phi) is 4.69. The molecule has 0 aromatic rings. The summed E-state index contributed by atoms with van der Waals surface area (Å²) in [5.74, 6) is 1.42. The minimum absolute atomic E-state index is 0.00270. The molecule has 1 unspecified atom stereocenters. The summed E-state index contributed by atoms with van der Waals surface area (Å²) in [4.78, 5) is 0. The van der Waals surface area contributed by atoms with Crippen molar-refractivity contribution in [1.82, 2.24) is 0 Å². The predicted molar refractivity (Wildman–Crippen MR) is 112 cm³/mol. The number of halogens is 1. The maximum Gasteiger partial charge on any atom is 0.152 e. The van der Waals surface area contributed by atoms with Crippen LogP contribution in [-0.4, -0.2) is 33.0 Å². The Morgan fingerprint density at radius 1 is 1.27 bits per heavy atom. The molecule has 0 aliphatic heterocycles. The molecule has 7 atom stereocenters. The highest BCUT2D eigenvalue weighted by atomic mass is 32.2. The van der Waals surface area contributed by atoms with Gasteiger partial charge in [-0.3, -0.25) is 0 Å². The summed E-state index contributed by atoms with van der Waals surface area (Å²) < 4.78 is 17.0. The van der Waals surface area contributed by atoms with Crippen molar-refractivity contribution in [2.45, 2.75) is 75.1 Å². The lowest BCUT2D eigenvalue weighted by Gasteiger charge is -2.63. The molecule has 26 heavy (non-hydrogen) atoms. The Morgan fingerprint density at radius 3 is 2.73 bits per heavy atom. The molecular formula is C22H33FOS2. The van der Waals surface area contributed by atoms with Gasteiger partial charge < -0.3 is 5.11 Å². The number of aliphatic hydroxyl groups excluding tert-OH is 1. The van der Waals surface area contributed by atoms with E-state index in [1.165, 1.54) is 5.57 Å². The predicted octanol–water partition coefficient (Wildman–Crippen LogP) is 5.99. The number of hydrogen-bond acceptors (Lipinski definition) is 3. The number of rotatable bonds is 3. The molecule has 1 nitrogen and oxygen atoms in total. The van der Waals surface area contributed by atoms with Gasteiger partial charge in [-0.05, 0) is 68.8 Å². The molecule has 0 radical (unpaired) electrons. The molecule has 0 saturated heterocycles. The van der Waals surface area contributed by atoms with Crippen LogP contribution < -0.4 is 0 Å². The topological polar surface area (TPSA) is 20.2 Å². The minimum Gasteiger partial charge on any atom is -0.390 e. The van der Waals surface area contributed by atoms with E-state index in [0.717, 1.165) is 37.9 Å². The van der Waals surface area contributed by atoms with Gasteiger partial charge in [-0.25, -0.2) is 4.39 Å². The third-order valence-corrected chi connectivity index (χ3v) is 12.1. The zero-order valence-corrected chi connectivity index (χ0v) is 18.2. The van der Waals surface area contributed by atoms with E-state index in [1.807, 2.05) is 30.4 Å². The first-order chi connectivity index (χ1) is 12.3. The Bertz CT molecular complexity index is 648. The Labute approximate surface area is 166 Å². The molecule has 0 bridgehead atoms. The quantitative estimate of drug-likeness (QED) is 0.467. The third-order valence-electron chi connectivity index (χ3n) is 8.45. The summed E-state index contributed by atoms with van der Waals surface area (Å²) >= 11 is 3.99. The minimum atomic E-state index is -1.52. The average Bonchev–Trinajstić information content (AvgIpc) is 2.89. The van der Waals surface area contributed by atoms with Gasteiger partial charge in [-0.1, -0.05) is 37.6 Å². The molecule has 3 fully saturated rings. The van der Waals surface area contributed by atoms with Gasteiger partial charge in [0.05, 0.1) is 10.2 Å². The second-order valence-corrected chi connectivity index (χ2v) is 12.1. The Morgan fingerprint density at radius 2 is 2.04 bits per heavy atom. The van der Waals surface area contributed by atoms with E-state index < -0.39 is 17.2 Å². The molecule has 0 aromatic heterocycles. The van der Waals surface area contributed by atoms with Crippen molar-refractivity contribution in [3.63, 3.8) is 0 Å². The van der Waals surface area contributed by atoms with Gasteiger partial charge in [0.15, 0.2) is 5.67 Å². The number of fused-ring (bicyclic) bond motifs is 5. The van der Waals surface area contributed by atoms with Crippen molar-refractivity contribution < 1.29 is 9.50 Å². The van der Waals surface area contributed by atoms with Crippen LogP contribution in [0, 0.1) is 22.7 Å². The second kappa shape index (κ2) is 6.29. The van der Waals surface area contributed by atoms with E-state index in [1.54, 1.807) is 0 Å². The Balaban J connectivity index is 1.79. The highest BCUT2D eigenvalue weighted by molar-refractivity contribution is 8.18. The highest BCUT2D eigenvalue weighted by Gasteiger charge is 2.72. The van der Waals surface area contributed by atoms with Gasteiger partial charge in [0.25, 0.3) is 0 Å². The fourth-order valence-electron chi connectivity index (χ4n) is 7.16. The van der Waals surface area contributed by atoms with E-state index in [2.05, 4.69) is 38.3 Å². The zero-order valence-electron chi connectivity index (χ0n) is 16.6. The smallest absolute Gasteiger partial charge is 0.152 e. The summed E-state index contributed by atoms with van der Waals surface area (Å²) in [7, 11) is 0. The molecule has 0 spiro atoms. The maximum atomic E-state index is 16.9. The SMILES string of the molecule is CCSC1(SC)CC[C@H]2[C@@H]3CCC4=CCC=C[C@]4(C)[C@@]3(F)[C@@H](O)C[C@@]21C. The molecule has 0 heterocycles. The van der Waals surface area contributed by atoms with E-state index >= 15 is 4.39 Å². The van der Waals surface area contributed by atoms with Crippen molar-refractivity contribution in [3.05, 3.63) is 23.8 Å². The molecule has 0 aromatic carbocycles.